The number of aryl methyl sites for hydroxylation is 1. The Labute approximate surface area is 105 Å². The predicted molar refractivity (Wildman–Crippen MR) is 68.4 cm³/mol. The molecule has 0 saturated carbocycles. The molecule has 5 nitrogen and oxygen atoms in total. The number of fused-ring (bicyclic) bond motifs is 1. The van der Waals surface area contributed by atoms with Crippen LogP contribution in [0.15, 0.2) is 24.3 Å². The zero-order chi connectivity index (χ0) is 13.3. The number of benzene rings is 1. The van der Waals surface area contributed by atoms with Gasteiger partial charge in [-0.25, -0.2) is 4.79 Å². The summed E-state index contributed by atoms with van der Waals surface area (Å²) in [7, 11) is 4.79. The SMILES string of the molecule is COC(=O)C(N)c1cc2cccc(OC)c2n1C. The van der Waals surface area contributed by atoms with E-state index in [0.717, 1.165) is 16.7 Å². The predicted octanol–water partition coefficient (Wildman–Crippen LogP) is 1.36. The summed E-state index contributed by atoms with van der Waals surface area (Å²) in [5, 5.41) is 0.978. The van der Waals surface area contributed by atoms with Gasteiger partial charge >= 0.3 is 5.97 Å². The van der Waals surface area contributed by atoms with Crippen LogP contribution in [0.1, 0.15) is 11.7 Å². The molecule has 0 amide bonds. The van der Waals surface area contributed by atoms with Crippen LogP contribution < -0.4 is 10.5 Å². The number of hydrogen-bond donors (Lipinski definition) is 1. The van der Waals surface area contributed by atoms with Crippen molar-refractivity contribution in [2.75, 3.05) is 14.2 Å². The number of aromatic nitrogens is 1. The van der Waals surface area contributed by atoms with E-state index < -0.39 is 12.0 Å². The van der Waals surface area contributed by atoms with Crippen LogP contribution in [0.2, 0.25) is 0 Å². The first kappa shape index (κ1) is 12.4. The summed E-state index contributed by atoms with van der Waals surface area (Å²) in [6.45, 7) is 0. The molecular weight excluding hydrogens is 232 g/mol. The molecule has 1 unspecified atom stereocenters. The van der Waals surface area contributed by atoms with Crippen molar-refractivity contribution in [3.8, 4) is 5.75 Å². The van der Waals surface area contributed by atoms with Crippen LogP contribution in [0.4, 0.5) is 0 Å². The number of nitrogens with two attached hydrogens (primary N) is 1. The maximum absolute atomic E-state index is 11.5. The Hall–Kier alpha value is -2.01. The van der Waals surface area contributed by atoms with E-state index in [2.05, 4.69) is 4.74 Å². The van der Waals surface area contributed by atoms with Gasteiger partial charge in [-0.3, -0.25) is 0 Å². The van der Waals surface area contributed by atoms with Crippen LogP contribution in [0.3, 0.4) is 0 Å². The number of carbonyl (C=O) groups excluding carboxylic acids is 1. The number of para-hydroxylation sites is 1. The molecule has 0 aliphatic heterocycles. The lowest BCUT2D eigenvalue weighted by Gasteiger charge is -2.11. The highest BCUT2D eigenvalue weighted by molar-refractivity contribution is 5.89. The number of hydrogen-bond acceptors (Lipinski definition) is 4. The average Bonchev–Trinajstić information content (AvgIpc) is 2.74. The molecule has 0 bridgehead atoms. The number of methoxy groups -OCH3 is 2. The van der Waals surface area contributed by atoms with Gasteiger partial charge in [0.25, 0.3) is 0 Å². The summed E-state index contributed by atoms with van der Waals surface area (Å²) >= 11 is 0. The lowest BCUT2D eigenvalue weighted by Crippen LogP contribution is -2.24. The zero-order valence-corrected chi connectivity index (χ0v) is 10.6. The molecule has 0 aliphatic carbocycles. The first-order valence-corrected chi connectivity index (χ1v) is 5.56. The molecule has 2 rings (SSSR count). The lowest BCUT2D eigenvalue weighted by atomic mass is 10.2. The van der Waals surface area contributed by atoms with Gasteiger partial charge in [0.2, 0.25) is 0 Å². The number of ether oxygens (including phenoxy) is 2. The van der Waals surface area contributed by atoms with Gasteiger partial charge in [-0.1, -0.05) is 12.1 Å². The molecule has 96 valence electrons. The van der Waals surface area contributed by atoms with E-state index in [1.807, 2.05) is 35.9 Å². The second kappa shape index (κ2) is 4.70. The Bertz CT molecular complexity index is 589. The van der Waals surface area contributed by atoms with Crippen LogP contribution in [-0.2, 0) is 16.6 Å². The Morgan fingerprint density at radius 3 is 2.72 bits per heavy atom. The second-order valence-electron chi connectivity index (χ2n) is 4.03. The molecule has 1 atom stereocenters. The molecule has 2 aromatic rings. The summed E-state index contributed by atoms with van der Waals surface area (Å²) in [5.74, 6) is 0.290. The Morgan fingerprint density at radius 2 is 2.11 bits per heavy atom. The highest BCUT2D eigenvalue weighted by atomic mass is 16.5. The summed E-state index contributed by atoms with van der Waals surface area (Å²) in [5.41, 5.74) is 7.48. The summed E-state index contributed by atoms with van der Waals surface area (Å²) in [6.07, 6.45) is 0. The molecule has 1 heterocycles. The van der Waals surface area contributed by atoms with Gasteiger partial charge in [-0.15, -0.1) is 0 Å². The summed E-state index contributed by atoms with van der Waals surface area (Å²) in [6, 6.07) is 6.80. The molecule has 0 fully saturated rings. The third-order valence-corrected chi connectivity index (χ3v) is 3.05. The minimum absolute atomic E-state index is 0.458. The molecule has 0 radical (unpaired) electrons. The van der Waals surface area contributed by atoms with E-state index >= 15 is 0 Å². The van der Waals surface area contributed by atoms with Gasteiger partial charge < -0.3 is 19.8 Å². The van der Waals surface area contributed by atoms with Crippen molar-refractivity contribution in [2.24, 2.45) is 12.8 Å². The molecule has 0 spiro atoms. The van der Waals surface area contributed by atoms with Gasteiger partial charge in [0.05, 0.1) is 19.7 Å². The quantitative estimate of drug-likeness (QED) is 0.833. The molecule has 18 heavy (non-hydrogen) atoms. The van der Waals surface area contributed by atoms with E-state index in [-0.39, 0.29) is 0 Å². The highest BCUT2D eigenvalue weighted by Gasteiger charge is 2.21. The van der Waals surface area contributed by atoms with E-state index in [1.54, 1.807) is 7.11 Å². The Kier molecular flexibility index (Phi) is 3.25. The minimum Gasteiger partial charge on any atom is -0.495 e. The van der Waals surface area contributed by atoms with Crippen molar-refractivity contribution >= 4 is 16.9 Å². The van der Waals surface area contributed by atoms with Crippen LogP contribution in [0.5, 0.6) is 5.75 Å². The maximum atomic E-state index is 11.5. The first-order valence-electron chi connectivity index (χ1n) is 5.56. The van der Waals surface area contributed by atoms with E-state index in [4.69, 9.17) is 10.5 Å². The van der Waals surface area contributed by atoms with Gasteiger partial charge in [-0.05, 0) is 12.1 Å². The van der Waals surface area contributed by atoms with Crippen molar-refractivity contribution in [1.29, 1.82) is 0 Å². The number of rotatable bonds is 3. The average molecular weight is 248 g/mol. The molecule has 0 aliphatic rings. The van der Waals surface area contributed by atoms with Crippen molar-refractivity contribution in [2.45, 2.75) is 6.04 Å². The highest BCUT2D eigenvalue weighted by Crippen LogP contribution is 2.30. The molecular formula is C13H16N2O3. The Morgan fingerprint density at radius 1 is 1.39 bits per heavy atom. The minimum atomic E-state index is -0.794. The van der Waals surface area contributed by atoms with Gasteiger partial charge in [0, 0.05) is 18.1 Å². The molecule has 1 aromatic carbocycles. The third-order valence-electron chi connectivity index (χ3n) is 3.05. The fraction of sp³-hybridized carbons (Fsp3) is 0.308. The van der Waals surface area contributed by atoms with Crippen LogP contribution in [0.25, 0.3) is 10.9 Å². The van der Waals surface area contributed by atoms with Gasteiger partial charge in [0.1, 0.15) is 11.8 Å². The smallest absolute Gasteiger partial charge is 0.328 e. The van der Waals surface area contributed by atoms with Crippen LogP contribution in [0, 0.1) is 0 Å². The number of carbonyl (C=O) groups is 1. The summed E-state index contributed by atoms with van der Waals surface area (Å²) in [4.78, 5) is 11.5. The number of nitrogens with zero attached hydrogens (tertiary/aromatic N) is 1. The zero-order valence-electron chi connectivity index (χ0n) is 10.6. The fourth-order valence-corrected chi connectivity index (χ4v) is 2.11. The van der Waals surface area contributed by atoms with Crippen molar-refractivity contribution < 1.29 is 14.3 Å². The fourth-order valence-electron chi connectivity index (χ4n) is 2.11. The maximum Gasteiger partial charge on any atom is 0.328 e. The van der Waals surface area contributed by atoms with E-state index in [9.17, 15) is 4.79 Å². The lowest BCUT2D eigenvalue weighted by molar-refractivity contribution is -0.142. The molecule has 2 N–H and O–H groups in total. The molecule has 0 saturated heterocycles. The van der Waals surface area contributed by atoms with Gasteiger partial charge in [0.15, 0.2) is 0 Å². The Balaban J connectivity index is 2.61. The van der Waals surface area contributed by atoms with Crippen molar-refractivity contribution in [3.63, 3.8) is 0 Å². The number of esters is 1. The van der Waals surface area contributed by atoms with Crippen LogP contribution >= 0.6 is 0 Å². The van der Waals surface area contributed by atoms with Crippen molar-refractivity contribution in [3.05, 3.63) is 30.0 Å². The molecule has 1 aromatic heterocycles. The first-order chi connectivity index (χ1) is 8.60. The topological polar surface area (TPSA) is 66.5 Å². The third kappa shape index (κ3) is 1.82. The monoisotopic (exact) mass is 248 g/mol. The van der Waals surface area contributed by atoms with Crippen LogP contribution in [-0.4, -0.2) is 24.8 Å². The molecule has 5 heteroatoms. The second-order valence-corrected chi connectivity index (χ2v) is 4.03. The van der Waals surface area contributed by atoms with Gasteiger partial charge in [-0.2, -0.15) is 0 Å². The van der Waals surface area contributed by atoms with Crippen molar-refractivity contribution in [1.82, 2.24) is 4.57 Å². The summed E-state index contributed by atoms with van der Waals surface area (Å²) < 4.78 is 11.8. The van der Waals surface area contributed by atoms with E-state index in [0.29, 0.717) is 5.69 Å². The van der Waals surface area contributed by atoms with E-state index in [1.165, 1.54) is 7.11 Å². The largest absolute Gasteiger partial charge is 0.495 e. The normalized spacial score (nSPS) is 12.4. The standard InChI is InChI=1S/C13H16N2O3/c1-15-9(11(14)13(16)18-3)7-8-5-4-6-10(17-2)12(8)15/h4-7,11H,14H2,1-3H3.